The molecule has 2 rings (SSSR count). The summed E-state index contributed by atoms with van der Waals surface area (Å²) < 4.78 is 2.45. The van der Waals surface area contributed by atoms with Crippen molar-refractivity contribution in [2.45, 2.75) is 6.92 Å². The number of hydrogen-bond donors (Lipinski definition) is 2. The Labute approximate surface area is 142 Å². The first kappa shape index (κ1) is 17.0. The monoisotopic (exact) mass is 380 g/mol. The van der Waals surface area contributed by atoms with E-state index >= 15 is 0 Å². The van der Waals surface area contributed by atoms with Crippen LogP contribution in [0.3, 0.4) is 0 Å². The minimum Gasteiger partial charge on any atom is -0.481 e. The third-order valence-electron chi connectivity index (χ3n) is 3.27. The van der Waals surface area contributed by atoms with Gasteiger partial charge in [-0.2, -0.15) is 5.10 Å². The number of carboxylic acids is 1. The highest BCUT2D eigenvalue weighted by Gasteiger charge is 2.18. The molecule has 2 aromatic rings. The van der Waals surface area contributed by atoms with E-state index in [-0.39, 0.29) is 12.6 Å². The molecule has 0 spiro atoms. The summed E-state index contributed by atoms with van der Waals surface area (Å²) in [6.07, 6.45) is 3.42. The van der Waals surface area contributed by atoms with Crippen LogP contribution in [0.15, 0.2) is 41.1 Å². The minimum atomic E-state index is -0.940. The number of nitrogens with one attached hydrogen (secondary N) is 1. The molecule has 1 heterocycles. The SMILES string of the molecule is CC(CN(C)C(=O)Nc1cc(Br)ccc1-n1cccn1)C(=O)O. The summed E-state index contributed by atoms with van der Waals surface area (Å²) in [5.41, 5.74) is 1.29. The third-order valence-corrected chi connectivity index (χ3v) is 3.76. The number of carbonyl (C=O) groups excluding carboxylic acids is 1. The first-order valence-corrected chi connectivity index (χ1v) is 7.72. The number of hydrogen-bond acceptors (Lipinski definition) is 3. The number of anilines is 1. The molecule has 7 nitrogen and oxygen atoms in total. The van der Waals surface area contributed by atoms with Crippen molar-refractivity contribution in [3.8, 4) is 5.69 Å². The second-order valence-electron chi connectivity index (χ2n) is 5.16. The molecule has 0 aliphatic carbocycles. The van der Waals surface area contributed by atoms with E-state index in [0.29, 0.717) is 11.4 Å². The van der Waals surface area contributed by atoms with Gasteiger partial charge in [0.25, 0.3) is 0 Å². The van der Waals surface area contributed by atoms with Gasteiger partial charge in [-0.3, -0.25) is 4.79 Å². The van der Waals surface area contributed by atoms with Crippen molar-refractivity contribution in [2.75, 3.05) is 18.9 Å². The summed E-state index contributed by atoms with van der Waals surface area (Å²) in [6, 6.07) is 6.84. The molecule has 1 aromatic carbocycles. The van der Waals surface area contributed by atoms with Gasteiger partial charge in [-0.15, -0.1) is 0 Å². The van der Waals surface area contributed by atoms with Gasteiger partial charge in [-0.05, 0) is 24.3 Å². The van der Waals surface area contributed by atoms with E-state index in [9.17, 15) is 9.59 Å². The number of benzene rings is 1. The van der Waals surface area contributed by atoms with Gasteiger partial charge in [-0.1, -0.05) is 22.9 Å². The number of carboxylic acid groups (broad SMARTS) is 1. The summed E-state index contributed by atoms with van der Waals surface area (Å²) in [5.74, 6) is -1.58. The van der Waals surface area contributed by atoms with Crippen molar-refractivity contribution >= 4 is 33.6 Å². The van der Waals surface area contributed by atoms with Crippen LogP contribution in [0.5, 0.6) is 0 Å². The Hall–Kier alpha value is -2.35. The lowest BCUT2D eigenvalue weighted by Crippen LogP contribution is -2.36. The van der Waals surface area contributed by atoms with E-state index in [2.05, 4.69) is 26.3 Å². The maximum Gasteiger partial charge on any atom is 0.321 e. The summed E-state index contributed by atoms with van der Waals surface area (Å²) in [4.78, 5) is 24.5. The van der Waals surface area contributed by atoms with Crippen LogP contribution in [0.4, 0.5) is 10.5 Å². The van der Waals surface area contributed by atoms with Gasteiger partial charge in [0.05, 0.1) is 17.3 Å². The average Bonchev–Trinajstić information content (AvgIpc) is 3.01. The molecule has 8 heteroatoms. The van der Waals surface area contributed by atoms with Crippen molar-refractivity contribution in [3.63, 3.8) is 0 Å². The molecule has 1 atom stereocenters. The average molecular weight is 381 g/mol. The van der Waals surface area contributed by atoms with Crippen LogP contribution in [0.1, 0.15) is 6.92 Å². The number of rotatable bonds is 5. The Bertz CT molecular complexity index is 703. The Morgan fingerprint density at radius 3 is 2.83 bits per heavy atom. The highest BCUT2D eigenvalue weighted by Crippen LogP contribution is 2.24. The predicted octanol–water partition coefficient (Wildman–Crippen LogP) is 2.82. The zero-order valence-corrected chi connectivity index (χ0v) is 14.3. The van der Waals surface area contributed by atoms with Crippen molar-refractivity contribution in [2.24, 2.45) is 5.92 Å². The summed E-state index contributed by atoms with van der Waals surface area (Å²) in [7, 11) is 1.56. The fraction of sp³-hybridized carbons (Fsp3) is 0.267. The molecule has 23 heavy (non-hydrogen) atoms. The zero-order valence-electron chi connectivity index (χ0n) is 12.7. The van der Waals surface area contributed by atoms with Gasteiger partial charge < -0.3 is 15.3 Å². The number of aliphatic carboxylic acids is 1. The molecule has 122 valence electrons. The van der Waals surface area contributed by atoms with Crippen LogP contribution >= 0.6 is 15.9 Å². The first-order valence-electron chi connectivity index (χ1n) is 6.93. The van der Waals surface area contributed by atoms with Gasteiger partial charge in [0.15, 0.2) is 0 Å². The topological polar surface area (TPSA) is 87.5 Å². The van der Waals surface area contributed by atoms with Gasteiger partial charge in [0.2, 0.25) is 0 Å². The van der Waals surface area contributed by atoms with Crippen LogP contribution in [0, 0.1) is 5.92 Å². The van der Waals surface area contributed by atoms with E-state index in [4.69, 9.17) is 5.11 Å². The van der Waals surface area contributed by atoms with E-state index in [1.165, 1.54) is 4.90 Å². The molecular weight excluding hydrogens is 364 g/mol. The van der Waals surface area contributed by atoms with Crippen molar-refractivity contribution < 1.29 is 14.7 Å². The standard InChI is InChI=1S/C15H17BrN4O3/c1-10(14(21)22)9-19(2)15(23)18-12-8-11(16)4-5-13(12)20-7-3-6-17-20/h3-8,10H,9H2,1-2H3,(H,18,23)(H,21,22). The van der Waals surface area contributed by atoms with Gasteiger partial charge in [0.1, 0.15) is 0 Å². The number of urea groups is 1. The van der Waals surface area contributed by atoms with Gasteiger partial charge in [0, 0.05) is 30.5 Å². The van der Waals surface area contributed by atoms with Crippen molar-refractivity contribution in [1.29, 1.82) is 0 Å². The summed E-state index contributed by atoms with van der Waals surface area (Å²) in [6.45, 7) is 1.67. The van der Waals surface area contributed by atoms with Crippen LogP contribution in [-0.2, 0) is 4.79 Å². The molecule has 2 N–H and O–H groups in total. The second kappa shape index (κ2) is 7.28. The Morgan fingerprint density at radius 1 is 1.48 bits per heavy atom. The number of amides is 2. The quantitative estimate of drug-likeness (QED) is 0.834. The maximum atomic E-state index is 12.3. The molecule has 0 fully saturated rings. The predicted molar refractivity (Wildman–Crippen MR) is 89.7 cm³/mol. The molecule has 0 saturated carbocycles. The van der Waals surface area contributed by atoms with Crippen molar-refractivity contribution in [1.82, 2.24) is 14.7 Å². The van der Waals surface area contributed by atoms with Crippen LogP contribution in [-0.4, -0.2) is 45.4 Å². The molecule has 0 bridgehead atoms. The Balaban J connectivity index is 2.17. The fourth-order valence-electron chi connectivity index (χ4n) is 2.00. The number of aromatic nitrogens is 2. The highest BCUT2D eigenvalue weighted by molar-refractivity contribution is 9.10. The third kappa shape index (κ3) is 4.32. The maximum absolute atomic E-state index is 12.3. The molecular formula is C15H17BrN4O3. The molecule has 0 radical (unpaired) electrons. The van der Waals surface area contributed by atoms with E-state index < -0.39 is 11.9 Å². The first-order chi connectivity index (χ1) is 10.9. The highest BCUT2D eigenvalue weighted by atomic mass is 79.9. The van der Waals surface area contributed by atoms with E-state index in [1.54, 1.807) is 43.2 Å². The molecule has 0 saturated heterocycles. The van der Waals surface area contributed by atoms with E-state index in [0.717, 1.165) is 4.47 Å². The number of carbonyl (C=O) groups is 2. The second-order valence-corrected chi connectivity index (χ2v) is 6.08. The molecule has 2 amide bonds. The normalized spacial score (nSPS) is 11.8. The Morgan fingerprint density at radius 2 is 2.22 bits per heavy atom. The smallest absolute Gasteiger partial charge is 0.321 e. The lowest BCUT2D eigenvalue weighted by Gasteiger charge is -2.21. The Kier molecular flexibility index (Phi) is 5.38. The lowest BCUT2D eigenvalue weighted by atomic mass is 10.2. The van der Waals surface area contributed by atoms with E-state index in [1.807, 2.05) is 12.1 Å². The van der Waals surface area contributed by atoms with Gasteiger partial charge >= 0.3 is 12.0 Å². The summed E-state index contributed by atoms with van der Waals surface area (Å²) in [5, 5.41) is 15.9. The minimum absolute atomic E-state index is 0.117. The number of halogens is 1. The lowest BCUT2D eigenvalue weighted by molar-refractivity contribution is -0.141. The zero-order chi connectivity index (χ0) is 17.0. The molecule has 0 aliphatic heterocycles. The molecule has 1 unspecified atom stereocenters. The van der Waals surface area contributed by atoms with Crippen molar-refractivity contribution in [3.05, 3.63) is 41.1 Å². The van der Waals surface area contributed by atoms with Crippen LogP contribution in [0.2, 0.25) is 0 Å². The largest absolute Gasteiger partial charge is 0.481 e. The van der Waals surface area contributed by atoms with Crippen LogP contribution in [0.25, 0.3) is 5.69 Å². The van der Waals surface area contributed by atoms with Gasteiger partial charge in [-0.25, -0.2) is 9.48 Å². The van der Waals surface area contributed by atoms with Crippen LogP contribution < -0.4 is 5.32 Å². The molecule has 0 aliphatic rings. The molecule has 1 aromatic heterocycles. The summed E-state index contributed by atoms with van der Waals surface area (Å²) >= 11 is 3.37. The number of nitrogens with zero attached hydrogens (tertiary/aromatic N) is 3. The fourth-order valence-corrected chi connectivity index (χ4v) is 2.36.